The van der Waals surface area contributed by atoms with Gasteiger partial charge in [0.05, 0.1) is 0 Å². The molecule has 1 nitrogen and oxygen atoms in total. The van der Waals surface area contributed by atoms with E-state index in [9.17, 15) is 0 Å². The number of para-hydroxylation sites is 1. The predicted molar refractivity (Wildman–Crippen MR) is 142 cm³/mol. The van der Waals surface area contributed by atoms with Gasteiger partial charge in [0.1, 0.15) is 11.2 Å². The van der Waals surface area contributed by atoms with Gasteiger partial charge in [0.25, 0.3) is 0 Å². The number of hydrogen-bond acceptors (Lipinski definition) is 1. The molecule has 1 heterocycles. The van der Waals surface area contributed by atoms with Crippen LogP contribution < -0.4 is 0 Å². The maximum Gasteiger partial charge on any atom is 0.140 e. The van der Waals surface area contributed by atoms with Gasteiger partial charge in [-0.2, -0.15) is 0 Å². The van der Waals surface area contributed by atoms with Crippen molar-refractivity contribution in [1.29, 1.82) is 0 Å². The van der Waals surface area contributed by atoms with E-state index in [1.54, 1.807) is 0 Å². The second-order valence-electron chi connectivity index (χ2n) is 8.88. The van der Waals surface area contributed by atoms with Gasteiger partial charge in [0.2, 0.25) is 0 Å². The highest BCUT2D eigenvalue weighted by Crippen LogP contribution is 2.50. The predicted octanol–water partition coefficient (Wildman–Crippen LogP) is 8.97. The van der Waals surface area contributed by atoms with Crippen molar-refractivity contribution in [3.05, 3.63) is 130 Å². The maximum absolute atomic E-state index is 6.57. The van der Waals surface area contributed by atoms with Crippen molar-refractivity contribution >= 4 is 37.9 Å². The van der Waals surface area contributed by atoms with Crippen molar-refractivity contribution in [2.75, 3.05) is 0 Å². The first kappa shape index (κ1) is 20.5. The van der Waals surface area contributed by atoms with E-state index in [1.165, 1.54) is 27.6 Å². The summed E-state index contributed by atoms with van der Waals surface area (Å²) in [5, 5.41) is 2.33. The molecule has 2 heteroatoms. The summed E-state index contributed by atoms with van der Waals surface area (Å²) in [7, 11) is 0. The topological polar surface area (TPSA) is 13.1 Å². The zero-order valence-electron chi connectivity index (χ0n) is 18.4. The molecule has 0 aliphatic heterocycles. The summed E-state index contributed by atoms with van der Waals surface area (Å²) in [5.74, 6) is 0. The summed E-state index contributed by atoms with van der Waals surface area (Å²) < 4.78 is 7.67. The van der Waals surface area contributed by atoms with E-state index in [0.717, 1.165) is 46.7 Å². The van der Waals surface area contributed by atoms with Crippen LogP contribution in [0.4, 0.5) is 0 Å². The third kappa shape index (κ3) is 3.28. The van der Waals surface area contributed by atoms with Crippen LogP contribution in [0.25, 0.3) is 21.9 Å². The number of fused-ring (bicyclic) bond motifs is 5. The van der Waals surface area contributed by atoms with Crippen LogP contribution in [0, 0.1) is 0 Å². The standard InChI is InChI=1S/C31H25BrO/c32-27-21-26-24(30-29(27)25-18-10-11-19-28(25)33-30)17-9-1-2-12-20-31(26,22-13-5-3-6-14-22)23-15-7-4-8-16-23/h1-7,9-15,18-19,21H,8,16-17,20H2/b9-1-,12-2-. The Morgan fingerprint density at radius 3 is 2.52 bits per heavy atom. The zero-order valence-corrected chi connectivity index (χ0v) is 20.0. The average molecular weight is 493 g/mol. The second-order valence-corrected chi connectivity index (χ2v) is 9.74. The second kappa shape index (κ2) is 8.35. The normalized spacial score (nSPS) is 22.3. The first-order valence-electron chi connectivity index (χ1n) is 11.7. The molecule has 162 valence electrons. The molecule has 0 N–H and O–H groups in total. The number of hydrogen-bond donors (Lipinski definition) is 0. The minimum atomic E-state index is -0.250. The maximum atomic E-state index is 6.57. The van der Waals surface area contributed by atoms with Crippen LogP contribution >= 0.6 is 15.9 Å². The Kier molecular flexibility index (Phi) is 5.19. The van der Waals surface area contributed by atoms with Gasteiger partial charge in [-0.3, -0.25) is 0 Å². The number of furan rings is 1. The van der Waals surface area contributed by atoms with Crippen LogP contribution in [-0.2, 0) is 11.8 Å². The largest absolute Gasteiger partial charge is 0.456 e. The Morgan fingerprint density at radius 2 is 1.67 bits per heavy atom. The fourth-order valence-electron chi connectivity index (χ4n) is 5.63. The highest BCUT2D eigenvalue weighted by Gasteiger charge is 2.40. The third-order valence-electron chi connectivity index (χ3n) is 7.12. The first-order chi connectivity index (χ1) is 16.3. The smallest absolute Gasteiger partial charge is 0.140 e. The van der Waals surface area contributed by atoms with Crippen LogP contribution in [0.2, 0.25) is 0 Å². The number of benzene rings is 3. The Hall–Kier alpha value is -3.10. The minimum absolute atomic E-state index is 0.250. The molecule has 6 rings (SSSR count). The van der Waals surface area contributed by atoms with Gasteiger partial charge in [-0.25, -0.2) is 0 Å². The van der Waals surface area contributed by atoms with Gasteiger partial charge in [-0.15, -0.1) is 0 Å². The van der Waals surface area contributed by atoms with Crippen molar-refractivity contribution in [3.8, 4) is 0 Å². The van der Waals surface area contributed by atoms with Crippen LogP contribution in [0.5, 0.6) is 0 Å². The number of rotatable bonds is 2. The SMILES string of the molecule is Brc1cc2c(c3oc4ccccc4c13)C/C=C\C=C/CC2(C1=CC=CCC1)c1ccccc1. The first-order valence-corrected chi connectivity index (χ1v) is 12.4. The van der Waals surface area contributed by atoms with E-state index < -0.39 is 0 Å². The fourth-order valence-corrected chi connectivity index (χ4v) is 6.25. The van der Waals surface area contributed by atoms with E-state index >= 15 is 0 Å². The van der Waals surface area contributed by atoms with E-state index in [2.05, 4.69) is 113 Å². The van der Waals surface area contributed by atoms with Crippen LogP contribution in [0.15, 0.2) is 118 Å². The molecule has 0 spiro atoms. The molecule has 0 bridgehead atoms. The lowest BCUT2D eigenvalue weighted by Gasteiger charge is -2.39. The molecule has 3 aromatic carbocycles. The van der Waals surface area contributed by atoms with Crippen molar-refractivity contribution in [2.45, 2.75) is 31.1 Å². The lowest BCUT2D eigenvalue weighted by Crippen LogP contribution is -2.32. The summed E-state index contributed by atoms with van der Waals surface area (Å²) in [5.41, 5.74) is 7.11. The van der Waals surface area contributed by atoms with Crippen molar-refractivity contribution in [3.63, 3.8) is 0 Å². The van der Waals surface area contributed by atoms with Crippen LogP contribution in [-0.4, -0.2) is 0 Å². The molecule has 0 amide bonds. The third-order valence-corrected chi connectivity index (χ3v) is 7.75. The zero-order chi connectivity index (χ0) is 22.3. The van der Waals surface area contributed by atoms with Gasteiger partial charge in [-0.05, 0) is 48.9 Å². The Morgan fingerprint density at radius 1 is 0.848 bits per heavy atom. The summed E-state index contributed by atoms with van der Waals surface area (Å²) in [6.45, 7) is 0. The summed E-state index contributed by atoms with van der Waals surface area (Å²) >= 11 is 3.96. The van der Waals surface area contributed by atoms with Gasteiger partial charge < -0.3 is 4.42 Å². The van der Waals surface area contributed by atoms with Gasteiger partial charge in [0.15, 0.2) is 0 Å². The van der Waals surface area contributed by atoms with Crippen molar-refractivity contribution in [2.24, 2.45) is 0 Å². The molecule has 0 fully saturated rings. The molecular formula is C31H25BrO. The lowest BCUT2D eigenvalue weighted by molar-refractivity contribution is 0.574. The van der Waals surface area contributed by atoms with E-state index in [-0.39, 0.29) is 5.41 Å². The van der Waals surface area contributed by atoms with Gasteiger partial charge >= 0.3 is 0 Å². The lowest BCUT2D eigenvalue weighted by atomic mass is 9.63. The molecule has 0 radical (unpaired) electrons. The molecule has 33 heavy (non-hydrogen) atoms. The molecule has 2 aliphatic rings. The highest BCUT2D eigenvalue weighted by molar-refractivity contribution is 9.10. The fraction of sp³-hybridized carbons (Fsp3) is 0.161. The van der Waals surface area contributed by atoms with Crippen molar-refractivity contribution in [1.82, 2.24) is 0 Å². The molecule has 1 unspecified atom stereocenters. The molecule has 1 atom stereocenters. The summed E-state index contributed by atoms with van der Waals surface area (Å²) in [6.07, 6.45) is 19.7. The van der Waals surface area contributed by atoms with Crippen LogP contribution in [0.1, 0.15) is 36.0 Å². The molecule has 0 saturated heterocycles. The number of allylic oxidation sites excluding steroid dienone is 8. The Bertz CT molecular complexity index is 1470. The van der Waals surface area contributed by atoms with Gasteiger partial charge in [0, 0.05) is 26.2 Å². The molecular weight excluding hydrogens is 468 g/mol. The number of halogens is 1. The monoisotopic (exact) mass is 492 g/mol. The van der Waals surface area contributed by atoms with Crippen molar-refractivity contribution < 1.29 is 4.42 Å². The molecule has 4 aromatic rings. The Labute approximate surface area is 202 Å². The summed E-state index contributed by atoms with van der Waals surface area (Å²) in [4.78, 5) is 0. The van der Waals surface area contributed by atoms with E-state index in [0.29, 0.717) is 0 Å². The average Bonchev–Trinajstić information content (AvgIpc) is 3.29. The summed E-state index contributed by atoms with van der Waals surface area (Å²) in [6, 6.07) is 21.8. The highest BCUT2D eigenvalue weighted by atomic mass is 79.9. The van der Waals surface area contributed by atoms with Crippen LogP contribution in [0.3, 0.4) is 0 Å². The van der Waals surface area contributed by atoms with Gasteiger partial charge in [-0.1, -0.05) is 113 Å². The van der Waals surface area contributed by atoms with E-state index in [1.807, 2.05) is 6.07 Å². The molecule has 1 aromatic heterocycles. The molecule has 2 aliphatic carbocycles. The molecule has 0 saturated carbocycles. The Balaban J connectivity index is 1.77. The quantitative estimate of drug-likeness (QED) is 0.272. The van der Waals surface area contributed by atoms with E-state index in [4.69, 9.17) is 4.42 Å². The minimum Gasteiger partial charge on any atom is -0.456 e.